The summed E-state index contributed by atoms with van der Waals surface area (Å²) in [5, 5.41) is 11.2. The minimum atomic E-state index is -4.51. The molecular formula is C14H18F3NO3. The number of rotatable bonds is 3. The summed E-state index contributed by atoms with van der Waals surface area (Å²) < 4.78 is 43.1. The Morgan fingerprint density at radius 2 is 1.90 bits per heavy atom. The highest BCUT2D eigenvalue weighted by atomic mass is 19.4. The number of anilines is 1. The summed E-state index contributed by atoms with van der Waals surface area (Å²) in [4.78, 5) is 11.7. The molecule has 0 spiro atoms. The second kappa shape index (κ2) is 6.34. The molecule has 0 aliphatic heterocycles. The molecule has 1 amide bonds. The van der Waals surface area contributed by atoms with Crippen molar-refractivity contribution in [1.82, 2.24) is 0 Å². The summed E-state index contributed by atoms with van der Waals surface area (Å²) in [6.07, 6.45) is -5.23. The SMILES string of the molecule is CC(C)(C)OC(=O)Nc1cc(C(F)(F)F)ccc1CCO. The highest BCUT2D eigenvalue weighted by Crippen LogP contribution is 2.32. The zero-order chi connectivity index (χ0) is 16.3. The fourth-order valence-corrected chi connectivity index (χ4v) is 1.62. The maximum absolute atomic E-state index is 12.7. The van der Waals surface area contributed by atoms with Crippen LogP contribution in [0.4, 0.5) is 23.7 Å². The van der Waals surface area contributed by atoms with E-state index in [0.29, 0.717) is 5.56 Å². The second-order valence-electron chi connectivity index (χ2n) is 5.47. The minimum absolute atomic E-state index is 0.0203. The van der Waals surface area contributed by atoms with E-state index in [1.54, 1.807) is 20.8 Å². The molecule has 1 rings (SSSR count). The van der Waals surface area contributed by atoms with E-state index in [9.17, 15) is 18.0 Å². The van der Waals surface area contributed by atoms with Crippen LogP contribution < -0.4 is 5.32 Å². The predicted octanol–water partition coefficient (Wildman–Crippen LogP) is 3.59. The van der Waals surface area contributed by atoms with Crippen molar-refractivity contribution in [3.05, 3.63) is 29.3 Å². The zero-order valence-corrected chi connectivity index (χ0v) is 12.0. The Labute approximate surface area is 120 Å². The number of halogens is 3. The fraction of sp³-hybridized carbons (Fsp3) is 0.500. The molecule has 1 aromatic rings. The average molecular weight is 305 g/mol. The van der Waals surface area contributed by atoms with Crippen molar-refractivity contribution >= 4 is 11.8 Å². The van der Waals surface area contributed by atoms with E-state index in [4.69, 9.17) is 9.84 Å². The summed E-state index contributed by atoms with van der Waals surface area (Å²) in [5.74, 6) is 0. The number of carbonyl (C=O) groups is 1. The van der Waals surface area contributed by atoms with Crippen molar-refractivity contribution in [3.63, 3.8) is 0 Å². The number of carbonyl (C=O) groups excluding carboxylic acids is 1. The summed E-state index contributed by atoms with van der Waals surface area (Å²) in [7, 11) is 0. The lowest BCUT2D eigenvalue weighted by molar-refractivity contribution is -0.137. The van der Waals surface area contributed by atoms with E-state index in [0.717, 1.165) is 12.1 Å². The van der Waals surface area contributed by atoms with Gasteiger partial charge in [-0.25, -0.2) is 4.79 Å². The van der Waals surface area contributed by atoms with Gasteiger partial charge in [-0.2, -0.15) is 13.2 Å². The summed E-state index contributed by atoms with van der Waals surface area (Å²) in [5.41, 5.74) is -1.26. The average Bonchev–Trinajstić information content (AvgIpc) is 2.27. The molecule has 0 unspecified atom stereocenters. The first kappa shape index (κ1) is 17.3. The number of benzene rings is 1. The summed E-state index contributed by atoms with van der Waals surface area (Å²) in [6, 6.07) is 2.96. The van der Waals surface area contributed by atoms with Gasteiger partial charge in [0.2, 0.25) is 0 Å². The van der Waals surface area contributed by atoms with E-state index in [1.807, 2.05) is 0 Å². The Kier molecular flexibility index (Phi) is 5.22. The van der Waals surface area contributed by atoms with Gasteiger partial charge in [-0.3, -0.25) is 5.32 Å². The molecule has 7 heteroatoms. The number of nitrogens with one attached hydrogen (secondary N) is 1. The highest BCUT2D eigenvalue weighted by Gasteiger charge is 2.31. The fourth-order valence-electron chi connectivity index (χ4n) is 1.62. The predicted molar refractivity (Wildman–Crippen MR) is 72.1 cm³/mol. The van der Waals surface area contributed by atoms with Crippen LogP contribution in [0.3, 0.4) is 0 Å². The van der Waals surface area contributed by atoms with Crippen LogP contribution >= 0.6 is 0 Å². The number of ether oxygens (including phenoxy) is 1. The molecular weight excluding hydrogens is 287 g/mol. The smallest absolute Gasteiger partial charge is 0.416 e. The maximum atomic E-state index is 12.7. The molecule has 0 fully saturated rings. The quantitative estimate of drug-likeness (QED) is 0.897. The monoisotopic (exact) mass is 305 g/mol. The van der Waals surface area contributed by atoms with Crippen molar-refractivity contribution in [3.8, 4) is 0 Å². The van der Waals surface area contributed by atoms with Crippen molar-refractivity contribution in [1.29, 1.82) is 0 Å². The van der Waals surface area contributed by atoms with Gasteiger partial charge in [-0.05, 0) is 44.9 Å². The van der Waals surface area contributed by atoms with Gasteiger partial charge in [0.1, 0.15) is 5.60 Å². The van der Waals surface area contributed by atoms with E-state index < -0.39 is 23.4 Å². The van der Waals surface area contributed by atoms with Crippen LogP contribution in [0.2, 0.25) is 0 Å². The molecule has 4 nitrogen and oxygen atoms in total. The maximum Gasteiger partial charge on any atom is 0.416 e. The van der Waals surface area contributed by atoms with Gasteiger partial charge in [-0.1, -0.05) is 6.07 Å². The van der Waals surface area contributed by atoms with Crippen LogP contribution in [-0.4, -0.2) is 23.4 Å². The molecule has 0 atom stereocenters. The van der Waals surface area contributed by atoms with E-state index in [1.165, 1.54) is 6.07 Å². The third-order valence-corrected chi connectivity index (χ3v) is 2.45. The van der Waals surface area contributed by atoms with Crippen LogP contribution in [-0.2, 0) is 17.3 Å². The topological polar surface area (TPSA) is 58.6 Å². The van der Waals surface area contributed by atoms with Gasteiger partial charge >= 0.3 is 12.3 Å². The van der Waals surface area contributed by atoms with Gasteiger partial charge in [0.05, 0.1) is 5.56 Å². The number of amides is 1. The molecule has 0 radical (unpaired) electrons. The largest absolute Gasteiger partial charge is 0.444 e. The molecule has 1 aromatic carbocycles. The molecule has 0 aliphatic carbocycles. The second-order valence-corrected chi connectivity index (χ2v) is 5.47. The van der Waals surface area contributed by atoms with Crippen LogP contribution in [0.15, 0.2) is 18.2 Å². The first-order valence-corrected chi connectivity index (χ1v) is 6.34. The van der Waals surface area contributed by atoms with E-state index in [-0.39, 0.29) is 18.7 Å². The minimum Gasteiger partial charge on any atom is -0.444 e. The Bertz CT molecular complexity index is 507. The Hall–Kier alpha value is -1.76. The van der Waals surface area contributed by atoms with Gasteiger partial charge in [0.25, 0.3) is 0 Å². The zero-order valence-electron chi connectivity index (χ0n) is 12.0. The highest BCUT2D eigenvalue weighted by molar-refractivity contribution is 5.86. The van der Waals surface area contributed by atoms with Crippen molar-refractivity contribution in [2.24, 2.45) is 0 Å². The summed E-state index contributed by atoms with van der Waals surface area (Å²) in [6.45, 7) is 4.70. The molecule has 0 aromatic heterocycles. The van der Waals surface area contributed by atoms with Crippen molar-refractivity contribution in [2.75, 3.05) is 11.9 Å². The lowest BCUT2D eigenvalue weighted by Crippen LogP contribution is -2.27. The number of hydrogen-bond acceptors (Lipinski definition) is 3. The lowest BCUT2D eigenvalue weighted by Gasteiger charge is -2.21. The van der Waals surface area contributed by atoms with Crippen LogP contribution in [0, 0.1) is 0 Å². The molecule has 0 saturated heterocycles. The van der Waals surface area contributed by atoms with E-state index >= 15 is 0 Å². The van der Waals surface area contributed by atoms with Crippen molar-refractivity contribution in [2.45, 2.75) is 39.0 Å². The Balaban J connectivity index is 3.04. The molecule has 2 N–H and O–H groups in total. The molecule has 21 heavy (non-hydrogen) atoms. The van der Waals surface area contributed by atoms with Gasteiger partial charge < -0.3 is 9.84 Å². The normalized spacial score (nSPS) is 12.1. The third kappa shape index (κ3) is 5.63. The first-order valence-electron chi connectivity index (χ1n) is 6.34. The third-order valence-electron chi connectivity index (χ3n) is 2.45. The lowest BCUT2D eigenvalue weighted by atomic mass is 10.1. The number of alkyl halides is 3. The van der Waals surface area contributed by atoms with Crippen LogP contribution in [0.25, 0.3) is 0 Å². The first-order chi connectivity index (χ1) is 9.53. The number of aliphatic hydroxyl groups excluding tert-OH is 1. The van der Waals surface area contributed by atoms with Gasteiger partial charge in [0, 0.05) is 12.3 Å². The Morgan fingerprint density at radius 1 is 1.29 bits per heavy atom. The molecule has 0 aliphatic rings. The van der Waals surface area contributed by atoms with Crippen molar-refractivity contribution < 1.29 is 27.8 Å². The molecule has 0 bridgehead atoms. The van der Waals surface area contributed by atoms with Gasteiger partial charge in [0.15, 0.2) is 0 Å². The van der Waals surface area contributed by atoms with Gasteiger partial charge in [-0.15, -0.1) is 0 Å². The van der Waals surface area contributed by atoms with E-state index in [2.05, 4.69) is 5.32 Å². The molecule has 118 valence electrons. The standard InChI is InChI=1S/C14H18F3NO3/c1-13(2,3)21-12(20)18-11-8-10(14(15,16)17)5-4-9(11)6-7-19/h4-5,8,19H,6-7H2,1-3H3,(H,18,20). The molecule has 0 heterocycles. The number of aliphatic hydroxyl groups is 1. The number of hydrogen-bond donors (Lipinski definition) is 2. The summed E-state index contributed by atoms with van der Waals surface area (Å²) >= 11 is 0. The van der Waals surface area contributed by atoms with Crippen LogP contribution in [0.1, 0.15) is 31.9 Å². The Morgan fingerprint density at radius 3 is 2.38 bits per heavy atom. The molecule has 0 saturated carbocycles. The van der Waals surface area contributed by atoms with Crippen LogP contribution in [0.5, 0.6) is 0 Å².